The summed E-state index contributed by atoms with van der Waals surface area (Å²) in [5.74, 6) is -1.05. The van der Waals surface area contributed by atoms with E-state index in [0.717, 1.165) is 5.56 Å². The minimum atomic E-state index is -1.07. The maximum absolute atomic E-state index is 12.1. The van der Waals surface area contributed by atoms with Gasteiger partial charge in [0.05, 0.1) is 12.0 Å². The van der Waals surface area contributed by atoms with Crippen LogP contribution in [0.1, 0.15) is 31.2 Å². The Hall–Kier alpha value is -2.44. The number of nitro groups is 1. The fraction of sp³-hybridized carbons (Fsp3) is 0.429. The van der Waals surface area contributed by atoms with Crippen molar-refractivity contribution in [2.24, 2.45) is 0 Å². The zero-order valence-corrected chi connectivity index (χ0v) is 11.8. The number of methoxy groups -OCH3 is 1. The molecule has 0 spiro atoms. The number of rotatable bonds is 4. The molecule has 0 saturated heterocycles. The highest BCUT2D eigenvalue weighted by molar-refractivity contribution is 5.89. The molecule has 1 aliphatic carbocycles. The first-order valence-corrected chi connectivity index (χ1v) is 6.52. The number of nitrogens with zero attached hydrogens (tertiary/aromatic N) is 1. The van der Waals surface area contributed by atoms with Crippen molar-refractivity contribution in [3.63, 3.8) is 0 Å². The summed E-state index contributed by atoms with van der Waals surface area (Å²) in [6, 6.07) is 6.01. The summed E-state index contributed by atoms with van der Waals surface area (Å²) < 4.78 is 4.81. The summed E-state index contributed by atoms with van der Waals surface area (Å²) in [4.78, 5) is 33.6. The van der Waals surface area contributed by atoms with E-state index >= 15 is 0 Å². The highest BCUT2D eigenvalue weighted by Gasteiger charge is 2.55. The van der Waals surface area contributed by atoms with Gasteiger partial charge in [-0.15, -0.1) is 0 Å². The summed E-state index contributed by atoms with van der Waals surface area (Å²) in [7, 11) is 1.27. The molecule has 1 aromatic carbocycles. The van der Waals surface area contributed by atoms with Crippen molar-refractivity contribution in [1.29, 1.82) is 0 Å². The van der Waals surface area contributed by atoms with Crippen LogP contribution in [0.25, 0.3) is 0 Å². The van der Waals surface area contributed by atoms with E-state index in [1.807, 2.05) is 0 Å². The summed E-state index contributed by atoms with van der Waals surface area (Å²) >= 11 is 0. The Morgan fingerprint density at radius 3 is 2.38 bits per heavy atom. The lowest BCUT2D eigenvalue weighted by Gasteiger charge is -2.47. The zero-order valence-electron chi connectivity index (χ0n) is 11.8. The number of nitrogens with one attached hydrogen (secondary N) is 1. The number of benzene rings is 1. The standard InChI is InChI=1S/C14H16N2O5/c1-9(17)15-14(13(18)21-2)8-7-12(14)10-3-5-11(6-4-10)16(19)20/h3-6,12H,7-8H2,1-2H3,(H,15,17)/t12-,14-/m1/s1. The van der Waals surface area contributed by atoms with Crippen LogP contribution < -0.4 is 5.32 Å². The van der Waals surface area contributed by atoms with Gasteiger partial charge < -0.3 is 10.1 Å². The van der Waals surface area contributed by atoms with E-state index < -0.39 is 16.4 Å². The van der Waals surface area contributed by atoms with Crippen molar-refractivity contribution < 1.29 is 19.2 Å². The van der Waals surface area contributed by atoms with Crippen molar-refractivity contribution in [3.05, 3.63) is 39.9 Å². The Kier molecular flexibility index (Phi) is 3.93. The second-order valence-electron chi connectivity index (χ2n) is 5.08. The van der Waals surface area contributed by atoms with Crippen LogP contribution in [-0.2, 0) is 14.3 Å². The van der Waals surface area contributed by atoms with E-state index in [1.54, 1.807) is 12.1 Å². The molecule has 2 rings (SSSR count). The summed E-state index contributed by atoms with van der Waals surface area (Å²) in [5, 5.41) is 13.3. The Labute approximate surface area is 121 Å². The molecule has 1 saturated carbocycles. The quantitative estimate of drug-likeness (QED) is 0.515. The van der Waals surface area contributed by atoms with Gasteiger partial charge in [-0.2, -0.15) is 0 Å². The van der Waals surface area contributed by atoms with Gasteiger partial charge >= 0.3 is 5.97 Å². The fourth-order valence-electron chi connectivity index (χ4n) is 2.80. The maximum atomic E-state index is 12.1. The van der Waals surface area contributed by atoms with E-state index in [4.69, 9.17) is 4.74 Å². The second-order valence-corrected chi connectivity index (χ2v) is 5.08. The Morgan fingerprint density at radius 2 is 2.00 bits per heavy atom. The van der Waals surface area contributed by atoms with E-state index in [1.165, 1.54) is 26.2 Å². The molecule has 1 fully saturated rings. The number of esters is 1. The van der Waals surface area contributed by atoms with Gasteiger partial charge in [-0.1, -0.05) is 12.1 Å². The smallest absolute Gasteiger partial charge is 0.332 e. The van der Waals surface area contributed by atoms with Gasteiger partial charge in [0.25, 0.3) is 5.69 Å². The largest absolute Gasteiger partial charge is 0.467 e. The van der Waals surface area contributed by atoms with Crippen LogP contribution in [0.2, 0.25) is 0 Å². The van der Waals surface area contributed by atoms with Crippen LogP contribution in [0.3, 0.4) is 0 Å². The van der Waals surface area contributed by atoms with Gasteiger partial charge in [-0.05, 0) is 18.4 Å². The third kappa shape index (κ3) is 2.58. The number of nitro benzene ring substituents is 1. The van der Waals surface area contributed by atoms with Gasteiger partial charge in [0.1, 0.15) is 5.54 Å². The maximum Gasteiger partial charge on any atom is 0.332 e. The monoisotopic (exact) mass is 292 g/mol. The molecule has 0 heterocycles. The number of carbonyl (C=O) groups is 2. The predicted octanol–water partition coefficient (Wildman–Crippen LogP) is 1.52. The molecule has 1 N–H and O–H groups in total. The molecule has 0 aliphatic heterocycles. The average molecular weight is 292 g/mol. The lowest BCUT2D eigenvalue weighted by molar-refractivity contribution is -0.384. The van der Waals surface area contributed by atoms with Crippen LogP contribution in [0, 0.1) is 10.1 Å². The van der Waals surface area contributed by atoms with Crippen molar-refractivity contribution in [3.8, 4) is 0 Å². The zero-order chi connectivity index (χ0) is 15.6. The second kappa shape index (κ2) is 5.51. The summed E-state index contributed by atoms with van der Waals surface area (Å²) in [6.07, 6.45) is 1.19. The Morgan fingerprint density at radius 1 is 1.38 bits per heavy atom. The number of carbonyl (C=O) groups excluding carboxylic acids is 2. The van der Waals surface area contributed by atoms with E-state index in [9.17, 15) is 19.7 Å². The third-order valence-electron chi connectivity index (χ3n) is 3.88. The Balaban J connectivity index is 2.31. The molecular weight excluding hydrogens is 276 g/mol. The molecular formula is C14H16N2O5. The molecule has 1 aliphatic rings. The topological polar surface area (TPSA) is 98.5 Å². The molecule has 0 bridgehead atoms. The van der Waals surface area contributed by atoms with E-state index in [-0.39, 0.29) is 17.5 Å². The van der Waals surface area contributed by atoms with Crippen molar-refractivity contribution in [1.82, 2.24) is 5.32 Å². The average Bonchev–Trinajstić information content (AvgIpc) is 2.43. The van der Waals surface area contributed by atoms with Gasteiger partial charge in [-0.25, -0.2) is 4.79 Å². The highest BCUT2D eigenvalue weighted by Crippen LogP contribution is 2.47. The molecule has 0 radical (unpaired) electrons. The van der Waals surface area contributed by atoms with Crippen molar-refractivity contribution in [2.45, 2.75) is 31.2 Å². The summed E-state index contributed by atoms with van der Waals surface area (Å²) in [5.41, 5.74) is -0.316. The van der Waals surface area contributed by atoms with Crippen LogP contribution in [0.5, 0.6) is 0 Å². The molecule has 0 aromatic heterocycles. The Bertz CT molecular complexity index is 584. The molecule has 21 heavy (non-hydrogen) atoms. The number of amides is 1. The van der Waals surface area contributed by atoms with E-state index in [2.05, 4.69) is 5.32 Å². The fourth-order valence-corrected chi connectivity index (χ4v) is 2.80. The van der Waals surface area contributed by atoms with Crippen LogP contribution in [0.15, 0.2) is 24.3 Å². The van der Waals surface area contributed by atoms with E-state index in [0.29, 0.717) is 12.8 Å². The molecule has 1 amide bonds. The first-order valence-electron chi connectivity index (χ1n) is 6.52. The minimum Gasteiger partial charge on any atom is -0.467 e. The molecule has 7 heteroatoms. The number of ether oxygens (including phenoxy) is 1. The third-order valence-corrected chi connectivity index (χ3v) is 3.88. The molecule has 7 nitrogen and oxygen atoms in total. The van der Waals surface area contributed by atoms with Crippen molar-refractivity contribution >= 4 is 17.6 Å². The first kappa shape index (κ1) is 15.0. The first-order chi connectivity index (χ1) is 9.90. The lowest BCUT2D eigenvalue weighted by Crippen LogP contribution is -2.63. The lowest BCUT2D eigenvalue weighted by atomic mass is 9.63. The molecule has 112 valence electrons. The number of non-ortho nitro benzene ring substituents is 1. The van der Waals surface area contributed by atoms with Crippen LogP contribution in [0.4, 0.5) is 5.69 Å². The molecule has 0 unspecified atom stereocenters. The molecule has 1 aromatic rings. The summed E-state index contributed by atoms with van der Waals surface area (Å²) in [6.45, 7) is 1.34. The number of hydrogen-bond acceptors (Lipinski definition) is 5. The highest BCUT2D eigenvalue weighted by atomic mass is 16.6. The minimum absolute atomic E-state index is 0.0127. The predicted molar refractivity (Wildman–Crippen MR) is 73.6 cm³/mol. The van der Waals surface area contributed by atoms with Crippen molar-refractivity contribution in [2.75, 3.05) is 7.11 Å². The van der Waals surface area contributed by atoms with Crippen LogP contribution >= 0.6 is 0 Å². The number of hydrogen-bond donors (Lipinski definition) is 1. The molecule has 2 atom stereocenters. The SMILES string of the molecule is COC(=O)[C@@]1(NC(C)=O)CC[C@@H]1c1ccc([N+](=O)[O-])cc1. The van der Waals surface area contributed by atoms with Crippen LogP contribution in [-0.4, -0.2) is 29.4 Å². The van der Waals surface area contributed by atoms with Gasteiger partial charge in [0, 0.05) is 25.0 Å². The van der Waals surface area contributed by atoms with Gasteiger partial charge in [-0.3, -0.25) is 14.9 Å². The normalized spacial score (nSPS) is 23.8. The van der Waals surface area contributed by atoms with Gasteiger partial charge in [0.15, 0.2) is 0 Å². The van der Waals surface area contributed by atoms with Gasteiger partial charge in [0.2, 0.25) is 5.91 Å².